The molecular weight excluding hydrogens is 420 g/mol. The summed E-state index contributed by atoms with van der Waals surface area (Å²) in [7, 11) is -3.54. The molecule has 2 atom stereocenters. The van der Waals surface area contributed by atoms with Crippen LogP contribution in [0.3, 0.4) is 0 Å². The molecule has 2 saturated heterocycles. The maximum absolute atomic E-state index is 12.8. The average Bonchev–Trinajstić information content (AvgIpc) is 3.35. The molecule has 1 aromatic carbocycles. The molecule has 6 nitrogen and oxygen atoms in total. The molecule has 0 spiro atoms. The first-order chi connectivity index (χ1) is 13.4. The summed E-state index contributed by atoms with van der Waals surface area (Å²) in [6, 6.07) is 11.2. The van der Waals surface area contributed by atoms with Crippen LogP contribution in [0, 0.1) is 0 Å². The van der Waals surface area contributed by atoms with Crippen molar-refractivity contribution in [3.63, 3.8) is 0 Å². The van der Waals surface area contributed by atoms with Gasteiger partial charge in [-0.25, -0.2) is 13.2 Å². The van der Waals surface area contributed by atoms with Gasteiger partial charge in [-0.3, -0.25) is 4.90 Å². The average molecular weight is 439 g/mol. The number of ether oxygens (including phenoxy) is 1. The fraction of sp³-hybridized carbons (Fsp3) is 0.421. The van der Waals surface area contributed by atoms with Gasteiger partial charge in [-0.2, -0.15) is 4.31 Å². The zero-order valence-corrected chi connectivity index (χ0v) is 17.3. The molecule has 3 heterocycles. The third-order valence-corrected chi connectivity index (χ3v) is 9.47. The minimum Gasteiger partial charge on any atom is -0.443 e. The largest absolute Gasteiger partial charge is 0.443 e. The highest BCUT2D eigenvalue weighted by Crippen LogP contribution is 2.45. The van der Waals surface area contributed by atoms with Crippen LogP contribution < -0.4 is 0 Å². The number of fused-ring (bicyclic) bond motifs is 3. The van der Waals surface area contributed by atoms with E-state index in [-0.39, 0.29) is 28.5 Å². The molecule has 3 aliphatic rings. The maximum Gasteiger partial charge on any atom is 0.411 e. The first-order valence-electron chi connectivity index (χ1n) is 9.27. The Morgan fingerprint density at radius 1 is 1.11 bits per heavy atom. The van der Waals surface area contributed by atoms with Crippen molar-refractivity contribution >= 4 is 39.1 Å². The van der Waals surface area contributed by atoms with E-state index in [1.165, 1.54) is 9.87 Å². The fourth-order valence-corrected chi connectivity index (χ4v) is 7.68. The van der Waals surface area contributed by atoms with E-state index >= 15 is 0 Å². The second-order valence-electron chi connectivity index (χ2n) is 7.37. The molecular formula is C19H19ClN2O4S2. The van der Waals surface area contributed by atoms with Crippen molar-refractivity contribution < 1.29 is 17.9 Å². The van der Waals surface area contributed by atoms with Crippen molar-refractivity contribution in [1.29, 1.82) is 0 Å². The Morgan fingerprint density at radius 3 is 2.57 bits per heavy atom. The summed E-state index contributed by atoms with van der Waals surface area (Å²) < 4.78 is 33.5. The normalized spacial score (nSPS) is 25.6. The van der Waals surface area contributed by atoms with Gasteiger partial charge in [0, 0.05) is 25.6 Å². The minimum absolute atomic E-state index is 0.0213. The van der Waals surface area contributed by atoms with E-state index in [4.69, 9.17) is 16.3 Å². The molecule has 0 N–H and O–H groups in total. The van der Waals surface area contributed by atoms with Crippen LogP contribution in [0.15, 0.2) is 40.6 Å². The highest BCUT2D eigenvalue weighted by atomic mass is 35.5. The molecule has 28 heavy (non-hydrogen) atoms. The number of hydrogen-bond donors (Lipinski definition) is 0. The van der Waals surface area contributed by atoms with E-state index in [0.717, 1.165) is 23.3 Å². The number of rotatable bonds is 3. The summed E-state index contributed by atoms with van der Waals surface area (Å²) in [5.41, 5.74) is 2.38. The smallest absolute Gasteiger partial charge is 0.411 e. The molecule has 2 aliphatic heterocycles. The molecule has 2 aromatic rings. The van der Waals surface area contributed by atoms with E-state index < -0.39 is 10.0 Å². The zero-order valence-electron chi connectivity index (χ0n) is 15.0. The maximum atomic E-state index is 12.8. The lowest BCUT2D eigenvalue weighted by Crippen LogP contribution is -2.47. The Balaban J connectivity index is 1.34. The molecule has 5 rings (SSSR count). The number of carbonyl (C=O) groups is 1. The van der Waals surface area contributed by atoms with Crippen molar-refractivity contribution in [2.24, 2.45) is 0 Å². The molecule has 1 aliphatic carbocycles. The first-order valence-corrected chi connectivity index (χ1v) is 11.9. The molecule has 0 saturated carbocycles. The Morgan fingerprint density at radius 2 is 1.86 bits per heavy atom. The van der Waals surface area contributed by atoms with Crippen LogP contribution in [0.5, 0.6) is 0 Å². The Bertz CT molecular complexity index is 1030. The predicted molar refractivity (Wildman–Crippen MR) is 106 cm³/mol. The fourth-order valence-electron chi connectivity index (χ4n) is 4.58. The number of halogens is 1. The molecule has 9 heteroatoms. The van der Waals surface area contributed by atoms with E-state index in [2.05, 4.69) is 12.1 Å². The van der Waals surface area contributed by atoms with Gasteiger partial charge in [0.25, 0.3) is 10.0 Å². The molecule has 0 bridgehead atoms. The van der Waals surface area contributed by atoms with Gasteiger partial charge in [-0.1, -0.05) is 35.9 Å². The van der Waals surface area contributed by atoms with Gasteiger partial charge < -0.3 is 4.74 Å². The molecule has 0 radical (unpaired) electrons. The third-order valence-electron chi connectivity index (χ3n) is 5.87. The second-order valence-corrected chi connectivity index (χ2v) is 11.3. The van der Waals surface area contributed by atoms with Gasteiger partial charge in [0.2, 0.25) is 0 Å². The van der Waals surface area contributed by atoms with Crippen LogP contribution in [0.25, 0.3) is 0 Å². The van der Waals surface area contributed by atoms with Crippen LogP contribution in [0.4, 0.5) is 4.79 Å². The molecule has 0 unspecified atom stereocenters. The monoisotopic (exact) mass is 438 g/mol. The van der Waals surface area contributed by atoms with E-state index in [0.29, 0.717) is 30.3 Å². The minimum atomic E-state index is -3.54. The highest BCUT2D eigenvalue weighted by Gasteiger charge is 2.50. The third kappa shape index (κ3) is 2.85. The lowest BCUT2D eigenvalue weighted by molar-refractivity contribution is 0.119. The van der Waals surface area contributed by atoms with Crippen molar-refractivity contribution in [2.45, 2.75) is 41.7 Å². The Hall–Kier alpha value is -1.61. The summed E-state index contributed by atoms with van der Waals surface area (Å²) >= 11 is 6.97. The molecule has 2 fully saturated rings. The zero-order chi connectivity index (χ0) is 19.5. The lowest BCUT2D eigenvalue weighted by atomic mass is 10.00. The summed E-state index contributed by atoms with van der Waals surface area (Å²) in [4.78, 5) is 14.4. The summed E-state index contributed by atoms with van der Waals surface area (Å²) in [6.07, 6.45) is 1.52. The van der Waals surface area contributed by atoms with Crippen LogP contribution in [-0.4, -0.2) is 49.0 Å². The van der Waals surface area contributed by atoms with Crippen LogP contribution in [0.1, 0.15) is 30.0 Å². The lowest BCUT2D eigenvalue weighted by Gasteiger charge is -2.37. The van der Waals surface area contributed by atoms with Crippen molar-refractivity contribution in [2.75, 3.05) is 13.1 Å². The highest BCUT2D eigenvalue weighted by molar-refractivity contribution is 7.91. The Labute approximate surface area is 172 Å². The van der Waals surface area contributed by atoms with Crippen molar-refractivity contribution in [1.82, 2.24) is 9.21 Å². The number of benzene rings is 1. The Kier molecular flexibility index (Phi) is 4.42. The number of hydrogen-bond acceptors (Lipinski definition) is 5. The standard InChI is InChI=1S/C19H19ClN2O4S2/c20-16-5-6-17(27-16)28(24,25)21-9-7-13(8-10-21)22-18-14-4-2-1-3-12(14)11-15(18)26-19(22)23/h1-6,13,15,18H,7-11H2/t15-,18+/m0/s1. The summed E-state index contributed by atoms with van der Waals surface area (Å²) in [5.74, 6) is 0. The van der Waals surface area contributed by atoms with Crippen LogP contribution >= 0.6 is 22.9 Å². The van der Waals surface area contributed by atoms with Gasteiger partial charge >= 0.3 is 6.09 Å². The van der Waals surface area contributed by atoms with E-state index in [1.54, 1.807) is 12.1 Å². The number of nitrogens with zero attached hydrogens (tertiary/aromatic N) is 2. The van der Waals surface area contributed by atoms with Gasteiger partial charge in [0.15, 0.2) is 0 Å². The van der Waals surface area contributed by atoms with Crippen LogP contribution in [0.2, 0.25) is 4.34 Å². The first kappa shape index (κ1) is 18.4. The van der Waals surface area contributed by atoms with Crippen molar-refractivity contribution in [3.8, 4) is 0 Å². The van der Waals surface area contributed by atoms with E-state index in [1.807, 2.05) is 17.0 Å². The predicted octanol–water partition coefficient (Wildman–Crippen LogP) is 3.67. The summed E-state index contributed by atoms with van der Waals surface area (Å²) in [6.45, 7) is 0.761. The van der Waals surface area contributed by atoms with Gasteiger partial charge in [0.1, 0.15) is 10.3 Å². The quantitative estimate of drug-likeness (QED) is 0.733. The molecule has 1 amide bonds. The number of sulfonamides is 1. The SMILES string of the molecule is O=C1O[C@H]2Cc3ccccc3[C@H]2N1C1CCN(S(=O)(=O)c2ccc(Cl)s2)CC1. The van der Waals surface area contributed by atoms with Gasteiger partial charge in [-0.05, 0) is 36.1 Å². The van der Waals surface area contributed by atoms with Crippen LogP contribution in [-0.2, 0) is 21.2 Å². The number of carbonyl (C=O) groups excluding carboxylic acids is 1. The number of amides is 1. The number of thiophene rings is 1. The topological polar surface area (TPSA) is 66.9 Å². The molecule has 148 valence electrons. The number of piperidine rings is 1. The van der Waals surface area contributed by atoms with Gasteiger partial charge in [0.05, 0.1) is 10.4 Å². The second kappa shape index (κ2) is 6.73. The van der Waals surface area contributed by atoms with Gasteiger partial charge in [-0.15, -0.1) is 11.3 Å². The van der Waals surface area contributed by atoms with Crippen molar-refractivity contribution in [3.05, 3.63) is 51.9 Å². The van der Waals surface area contributed by atoms with E-state index in [9.17, 15) is 13.2 Å². The molecule has 1 aromatic heterocycles. The summed E-state index contributed by atoms with van der Waals surface area (Å²) in [5, 5.41) is 0.